The molecule has 0 bridgehead atoms. The van der Waals surface area contributed by atoms with Crippen LogP contribution in [0.1, 0.15) is 25.8 Å². The maximum Gasteiger partial charge on any atom is 0.325 e. The molecular weight excluding hydrogens is 410 g/mol. The highest BCUT2D eigenvalue weighted by molar-refractivity contribution is 6.09. The number of benzene rings is 2. The molecule has 4 amide bonds. The highest BCUT2D eigenvalue weighted by Crippen LogP contribution is 2.33. The first kappa shape index (κ1) is 21.7. The van der Waals surface area contributed by atoms with E-state index in [1.54, 1.807) is 4.90 Å². The molecular formula is C24H27N3O5. The van der Waals surface area contributed by atoms with Gasteiger partial charge in [0, 0.05) is 6.54 Å². The van der Waals surface area contributed by atoms with E-state index in [1.165, 1.54) is 0 Å². The predicted molar refractivity (Wildman–Crippen MR) is 117 cm³/mol. The van der Waals surface area contributed by atoms with Crippen LogP contribution in [0.15, 0.2) is 54.6 Å². The zero-order chi connectivity index (χ0) is 22.7. The van der Waals surface area contributed by atoms with Crippen molar-refractivity contribution in [3.05, 3.63) is 60.2 Å². The van der Waals surface area contributed by atoms with Crippen LogP contribution in [-0.2, 0) is 15.1 Å². The van der Waals surface area contributed by atoms with Crippen LogP contribution in [0.25, 0.3) is 0 Å². The number of fused-ring (bicyclic) bond motifs is 1. The minimum absolute atomic E-state index is 0.297. The third-order valence-corrected chi connectivity index (χ3v) is 5.99. The Morgan fingerprint density at radius 3 is 2.47 bits per heavy atom. The molecule has 2 aliphatic rings. The third kappa shape index (κ3) is 3.88. The molecule has 4 rings (SSSR count). The lowest BCUT2D eigenvalue weighted by atomic mass is 9.87. The molecule has 1 N–H and O–H groups in total. The number of rotatable bonds is 7. The number of para-hydroxylation sites is 2. The van der Waals surface area contributed by atoms with Gasteiger partial charge in [-0.3, -0.25) is 14.5 Å². The summed E-state index contributed by atoms with van der Waals surface area (Å²) in [5, 5.41) is 2.81. The maximum absolute atomic E-state index is 13.3. The number of imide groups is 1. The topological polar surface area (TPSA) is 88.2 Å². The number of carbonyl (C=O) groups excluding carboxylic acids is 3. The number of amides is 4. The number of hydrogen-bond acceptors (Lipinski definition) is 5. The van der Waals surface area contributed by atoms with Crippen molar-refractivity contribution in [2.24, 2.45) is 0 Å². The average Bonchev–Trinajstić information content (AvgIpc) is 3.08. The van der Waals surface area contributed by atoms with Gasteiger partial charge in [0.2, 0.25) is 5.91 Å². The molecule has 0 unspecified atom stereocenters. The van der Waals surface area contributed by atoms with Gasteiger partial charge >= 0.3 is 6.03 Å². The molecule has 1 fully saturated rings. The molecule has 2 aromatic carbocycles. The van der Waals surface area contributed by atoms with Crippen molar-refractivity contribution in [3.8, 4) is 11.5 Å². The van der Waals surface area contributed by atoms with Crippen molar-refractivity contribution in [2.75, 3.05) is 26.2 Å². The van der Waals surface area contributed by atoms with Gasteiger partial charge in [0.1, 0.15) is 18.7 Å². The highest BCUT2D eigenvalue weighted by Gasteiger charge is 2.51. The SMILES string of the molecule is CCN(C[C@H]1COc2ccccc2O1)C(=O)CN1C(=O)N[C@@](CC)(c2ccccc2)C1=O. The lowest BCUT2D eigenvalue weighted by Gasteiger charge is -2.31. The van der Waals surface area contributed by atoms with E-state index >= 15 is 0 Å². The zero-order valence-electron chi connectivity index (χ0n) is 18.2. The van der Waals surface area contributed by atoms with Crippen molar-refractivity contribution in [2.45, 2.75) is 31.9 Å². The smallest absolute Gasteiger partial charge is 0.325 e. The van der Waals surface area contributed by atoms with Crippen LogP contribution in [0, 0.1) is 0 Å². The standard InChI is InChI=1S/C24H27N3O5/c1-3-24(17-10-6-5-7-11-17)22(29)27(23(30)25-24)15-21(28)26(4-2)14-18-16-31-19-12-8-9-13-20(19)32-18/h5-13,18H,3-4,14-16H2,1-2H3,(H,25,30)/t18-,24-/m0/s1. The van der Waals surface area contributed by atoms with Crippen LogP contribution in [0.4, 0.5) is 4.79 Å². The Morgan fingerprint density at radius 1 is 1.09 bits per heavy atom. The molecule has 8 heteroatoms. The molecule has 0 saturated carbocycles. The Bertz CT molecular complexity index is 1010. The van der Waals surface area contributed by atoms with Crippen molar-refractivity contribution < 1.29 is 23.9 Å². The second-order valence-electron chi connectivity index (χ2n) is 7.88. The molecule has 0 aliphatic carbocycles. The van der Waals surface area contributed by atoms with E-state index in [0.717, 1.165) is 4.90 Å². The first-order valence-corrected chi connectivity index (χ1v) is 10.8. The number of hydrogen-bond donors (Lipinski definition) is 1. The molecule has 0 aromatic heterocycles. The molecule has 168 valence electrons. The summed E-state index contributed by atoms with van der Waals surface area (Å²) in [6.45, 7) is 4.40. The Morgan fingerprint density at radius 2 is 1.78 bits per heavy atom. The maximum atomic E-state index is 13.3. The molecule has 32 heavy (non-hydrogen) atoms. The van der Waals surface area contributed by atoms with Gasteiger partial charge in [0.15, 0.2) is 17.6 Å². The van der Waals surface area contributed by atoms with Crippen LogP contribution in [0.5, 0.6) is 11.5 Å². The normalized spacial score (nSPS) is 21.9. The molecule has 2 aliphatic heterocycles. The summed E-state index contributed by atoms with van der Waals surface area (Å²) in [6, 6.07) is 15.9. The number of nitrogens with one attached hydrogen (secondary N) is 1. The first-order valence-electron chi connectivity index (χ1n) is 10.8. The van der Waals surface area contributed by atoms with E-state index in [0.29, 0.717) is 43.2 Å². The van der Waals surface area contributed by atoms with Gasteiger partial charge in [0.25, 0.3) is 5.91 Å². The summed E-state index contributed by atoms with van der Waals surface area (Å²) in [5.41, 5.74) is -0.450. The summed E-state index contributed by atoms with van der Waals surface area (Å²) in [5.74, 6) is 0.580. The van der Waals surface area contributed by atoms with Crippen molar-refractivity contribution >= 4 is 17.8 Å². The van der Waals surface area contributed by atoms with Gasteiger partial charge in [-0.05, 0) is 31.0 Å². The van der Waals surface area contributed by atoms with E-state index < -0.39 is 17.5 Å². The number of ether oxygens (including phenoxy) is 2. The zero-order valence-corrected chi connectivity index (χ0v) is 18.2. The average molecular weight is 437 g/mol. The monoisotopic (exact) mass is 437 g/mol. The summed E-state index contributed by atoms with van der Waals surface area (Å²) in [7, 11) is 0. The van der Waals surface area contributed by atoms with Gasteiger partial charge in [-0.15, -0.1) is 0 Å². The van der Waals surface area contributed by atoms with Gasteiger partial charge in [0.05, 0.1) is 6.54 Å². The van der Waals surface area contributed by atoms with Crippen molar-refractivity contribution in [1.82, 2.24) is 15.1 Å². The van der Waals surface area contributed by atoms with Gasteiger partial charge in [-0.2, -0.15) is 0 Å². The Kier molecular flexibility index (Phi) is 6.03. The quantitative estimate of drug-likeness (QED) is 0.673. The molecule has 1 saturated heterocycles. The summed E-state index contributed by atoms with van der Waals surface area (Å²) in [6.07, 6.45) is 0.0483. The number of nitrogens with zero attached hydrogens (tertiary/aromatic N) is 2. The van der Waals surface area contributed by atoms with Crippen LogP contribution in [0.3, 0.4) is 0 Å². The molecule has 2 aromatic rings. The van der Waals surface area contributed by atoms with Crippen molar-refractivity contribution in [3.63, 3.8) is 0 Å². The van der Waals surface area contributed by atoms with Crippen LogP contribution < -0.4 is 14.8 Å². The van der Waals surface area contributed by atoms with Gasteiger partial charge in [-0.25, -0.2) is 4.79 Å². The summed E-state index contributed by atoms with van der Waals surface area (Å²) in [4.78, 5) is 41.6. The first-order chi connectivity index (χ1) is 15.5. The third-order valence-electron chi connectivity index (χ3n) is 5.99. The molecule has 0 radical (unpaired) electrons. The number of carbonyl (C=O) groups is 3. The summed E-state index contributed by atoms with van der Waals surface area (Å²) < 4.78 is 11.7. The largest absolute Gasteiger partial charge is 0.486 e. The minimum Gasteiger partial charge on any atom is -0.486 e. The molecule has 2 heterocycles. The second kappa shape index (κ2) is 8.90. The Hall–Kier alpha value is -3.55. The van der Waals surface area contributed by atoms with E-state index in [2.05, 4.69) is 5.32 Å². The van der Waals surface area contributed by atoms with E-state index in [4.69, 9.17) is 9.47 Å². The van der Waals surface area contributed by atoms with Gasteiger partial charge in [-0.1, -0.05) is 49.4 Å². The lowest BCUT2D eigenvalue weighted by Crippen LogP contribution is -2.48. The highest BCUT2D eigenvalue weighted by atomic mass is 16.6. The van der Waals surface area contributed by atoms with E-state index in [-0.39, 0.29) is 18.6 Å². The fourth-order valence-electron chi connectivity index (χ4n) is 4.17. The second-order valence-corrected chi connectivity index (χ2v) is 7.88. The van der Waals surface area contributed by atoms with Crippen LogP contribution in [-0.4, -0.2) is 60.0 Å². The van der Waals surface area contributed by atoms with Crippen LogP contribution in [0.2, 0.25) is 0 Å². The molecule has 0 spiro atoms. The Labute approximate surface area is 187 Å². The number of urea groups is 1. The minimum atomic E-state index is -1.15. The van der Waals surface area contributed by atoms with E-state index in [1.807, 2.05) is 68.4 Å². The molecule has 8 nitrogen and oxygen atoms in total. The fraction of sp³-hybridized carbons (Fsp3) is 0.375. The van der Waals surface area contributed by atoms with E-state index in [9.17, 15) is 14.4 Å². The molecule has 2 atom stereocenters. The lowest BCUT2D eigenvalue weighted by molar-refractivity contribution is -0.140. The summed E-state index contributed by atoms with van der Waals surface area (Å²) >= 11 is 0. The fourth-order valence-corrected chi connectivity index (χ4v) is 4.17. The number of likely N-dealkylation sites (N-methyl/N-ethyl adjacent to an activating group) is 1. The predicted octanol–water partition coefficient (Wildman–Crippen LogP) is 2.53. The van der Waals surface area contributed by atoms with Crippen molar-refractivity contribution in [1.29, 1.82) is 0 Å². The Balaban J connectivity index is 1.44. The van der Waals surface area contributed by atoms with Gasteiger partial charge < -0.3 is 19.7 Å². The van der Waals surface area contributed by atoms with Crippen LogP contribution >= 0.6 is 0 Å².